The molecule has 330 valence electrons. The maximum Gasteiger partial charge on any atom is 0.220 e. The van der Waals surface area contributed by atoms with Gasteiger partial charge in [0, 0.05) is 6.42 Å². The lowest BCUT2D eigenvalue weighted by Gasteiger charge is -2.22. The van der Waals surface area contributed by atoms with Gasteiger partial charge in [0.15, 0.2) is 0 Å². The number of aliphatic hydroxyl groups is 2. The molecule has 0 spiro atoms. The summed E-state index contributed by atoms with van der Waals surface area (Å²) in [6, 6.07) is -0.540. The summed E-state index contributed by atoms with van der Waals surface area (Å²) >= 11 is 0. The van der Waals surface area contributed by atoms with Gasteiger partial charge in [-0.2, -0.15) is 0 Å². The summed E-state index contributed by atoms with van der Waals surface area (Å²) in [5.41, 5.74) is 0. The summed E-state index contributed by atoms with van der Waals surface area (Å²) in [4.78, 5) is 12.4. The first kappa shape index (κ1) is 54.8. The monoisotopic (exact) mass is 794 g/mol. The van der Waals surface area contributed by atoms with E-state index in [0.717, 1.165) is 64.2 Å². The van der Waals surface area contributed by atoms with E-state index < -0.39 is 12.1 Å². The van der Waals surface area contributed by atoms with E-state index in [0.29, 0.717) is 12.8 Å². The highest BCUT2D eigenvalue weighted by molar-refractivity contribution is 5.76. The lowest BCUT2D eigenvalue weighted by atomic mass is 10.0. The summed E-state index contributed by atoms with van der Waals surface area (Å²) < 4.78 is 0. The van der Waals surface area contributed by atoms with Crippen LogP contribution in [0.1, 0.15) is 239 Å². The molecule has 0 aliphatic carbocycles. The van der Waals surface area contributed by atoms with Crippen LogP contribution in [-0.2, 0) is 4.79 Å². The first-order chi connectivity index (χ1) is 28.2. The smallest absolute Gasteiger partial charge is 0.220 e. The number of rotatable bonds is 44. The van der Waals surface area contributed by atoms with Crippen molar-refractivity contribution < 1.29 is 15.0 Å². The van der Waals surface area contributed by atoms with Crippen LogP contribution in [0, 0.1) is 0 Å². The quantitative estimate of drug-likeness (QED) is 0.0425. The zero-order valence-corrected chi connectivity index (χ0v) is 37.8. The Balaban J connectivity index is 3.52. The molecule has 0 radical (unpaired) electrons. The van der Waals surface area contributed by atoms with Crippen LogP contribution in [0.4, 0.5) is 0 Å². The van der Waals surface area contributed by atoms with Gasteiger partial charge in [-0.25, -0.2) is 0 Å². The molecule has 0 rings (SSSR count). The van der Waals surface area contributed by atoms with Crippen LogP contribution >= 0.6 is 0 Å². The lowest BCUT2D eigenvalue weighted by Crippen LogP contribution is -2.45. The van der Waals surface area contributed by atoms with Gasteiger partial charge >= 0.3 is 0 Å². The Morgan fingerprint density at radius 2 is 0.772 bits per heavy atom. The molecular formula is C53H95NO3. The minimum absolute atomic E-state index is 0.0357. The van der Waals surface area contributed by atoms with E-state index in [1.165, 1.54) is 148 Å². The van der Waals surface area contributed by atoms with E-state index in [4.69, 9.17) is 0 Å². The zero-order valence-electron chi connectivity index (χ0n) is 37.8. The van der Waals surface area contributed by atoms with Crippen LogP contribution in [0.5, 0.6) is 0 Å². The third-order valence-corrected chi connectivity index (χ3v) is 11.0. The van der Waals surface area contributed by atoms with Crippen molar-refractivity contribution in [3.63, 3.8) is 0 Å². The molecule has 0 aromatic carbocycles. The molecule has 0 saturated heterocycles. The minimum Gasteiger partial charge on any atom is -0.394 e. The molecule has 0 fully saturated rings. The van der Waals surface area contributed by atoms with E-state index in [1.807, 2.05) is 0 Å². The fourth-order valence-electron chi connectivity index (χ4n) is 7.25. The fraction of sp³-hybridized carbons (Fsp3) is 0.755. The largest absolute Gasteiger partial charge is 0.394 e. The lowest BCUT2D eigenvalue weighted by molar-refractivity contribution is -0.123. The number of aliphatic hydroxyl groups excluding tert-OH is 2. The topological polar surface area (TPSA) is 69.6 Å². The Bertz CT molecular complexity index is 992. The number of nitrogens with one attached hydrogen (secondary N) is 1. The third-order valence-electron chi connectivity index (χ3n) is 11.0. The number of carbonyl (C=O) groups excluding carboxylic acids is 1. The second-order valence-electron chi connectivity index (χ2n) is 16.5. The van der Waals surface area contributed by atoms with Crippen molar-refractivity contribution in [2.45, 2.75) is 251 Å². The summed E-state index contributed by atoms with van der Waals surface area (Å²) in [7, 11) is 0. The highest BCUT2D eigenvalue weighted by Crippen LogP contribution is 2.16. The molecule has 0 heterocycles. The summed E-state index contributed by atoms with van der Waals surface area (Å²) in [5.74, 6) is -0.0357. The Morgan fingerprint density at radius 3 is 1.16 bits per heavy atom. The molecule has 1 amide bonds. The van der Waals surface area contributed by atoms with Gasteiger partial charge < -0.3 is 15.5 Å². The highest BCUT2D eigenvalue weighted by atomic mass is 16.3. The third kappa shape index (κ3) is 44.8. The molecule has 57 heavy (non-hydrogen) atoms. The van der Waals surface area contributed by atoms with Crippen molar-refractivity contribution in [1.82, 2.24) is 5.32 Å². The summed E-state index contributed by atoms with van der Waals surface area (Å²) in [6.45, 7) is 4.24. The van der Waals surface area contributed by atoms with Crippen molar-refractivity contribution in [3.8, 4) is 0 Å². The predicted molar refractivity (Wildman–Crippen MR) is 253 cm³/mol. The maximum atomic E-state index is 12.4. The molecule has 3 N–H and O–H groups in total. The Kier molecular flexibility index (Phi) is 46.4. The van der Waals surface area contributed by atoms with Crippen LogP contribution in [0.15, 0.2) is 72.9 Å². The number of allylic oxidation sites excluding steroid dienone is 12. The van der Waals surface area contributed by atoms with E-state index in [9.17, 15) is 15.0 Å². The normalized spacial score (nSPS) is 13.5. The number of hydrogen-bond donors (Lipinski definition) is 3. The predicted octanol–water partition coefficient (Wildman–Crippen LogP) is 15.9. The fourth-order valence-corrected chi connectivity index (χ4v) is 7.25. The van der Waals surface area contributed by atoms with Gasteiger partial charge in [-0.1, -0.05) is 241 Å². The van der Waals surface area contributed by atoms with Gasteiger partial charge in [-0.15, -0.1) is 0 Å². The molecule has 0 aliphatic rings. The molecule has 0 aromatic rings. The first-order valence-electron chi connectivity index (χ1n) is 24.6. The number of hydrogen-bond acceptors (Lipinski definition) is 3. The molecule has 4 nitrogen and oxygen atoms in total. The van der Waals surface area contributed by atoms with E-state index in [1.54, 1.807) is 0 Å². The van der Waals surface area contributed by atoms with Gasteiger partial charge in [0.1, 0.15) is 0 Å². The Hall–Kier alpha value is -2.17. The van der Waals surface area contributed by atoms with Gasteiger partial charge in [-0.05, 0) is 64.2 Å². The summed E-state index contributed by atoms with van der Waals surface area (Å²) in [6.07, 6.45) is 68.5. The van der Waals surface area contributed by atoms with Gasteiger partial charge in [0.25, 0.3) is 0 Å². The van der Waals surface area contributed by atoms with Crippen molar-refractivity contribution in [1.29, 1.82) is 0 Å². The van der Waals surface area contributed by atoms with Gasteiger partial charge in [-0.3, -0.25) is 4.79 Å². The maximum absolute atomic E-state index is 12.4. The van der Waals surface area contributed by atoms with Crippen molar-refractivity contribution >= 4 is 5.91 Å². The Morgan fingerprint density at radius 1 is 0.439 bits per heavy atom. The van der Waals surface area contributed by atoms with Gasteiger partial charge in [0.05, 0.1) is 18.8 Å². The van der Waals surface area contributed by atoms with Crippen LogP contribution in [0.2, 0.25) is 0 Å². The Labute approximate surface area is 355 Å². The first-order valence-corrected chi connectivity index (χ1v) is 24.6. The molecule has 2 atom stereocenters. The number of unbranched alkanes of at least 4 members (excludes halogenated alkanes) is 25. The molecule has 0 aromatic heterocycles. The van der Waals surface area contributed by atoms with Crippen molar-refractivity contribution in [2.24, 2.45) is 0 Å². The van der Waals surface area contributed by atoms with E-state index >= 15 is 0 Å². The average molecular weight is 794 g/mol. The second-order valence-corrected chi connectivity index (χ2v) is 16.5. The number of carbonyl (C=O) groups is 1. The van der Waals surface area contributed by atoms with Gasteiger partial charge in [0.2, 0.25) is 5.91 Å². The minimum atomic E-state index is -0.662. The molecule has 2 unspecified atom stereocenters. The van der Waals surface area contributed by atoms with E-state index in [2.05, 4.69) is 92.1 Å². The van der Waals surface area contributed by atoms with Crippen LogP contribution in [0.25, 0.3) is 0 Å². The SMILES string of the molecule is CC/C=C\C/C=C\C/C=C\C/C=C\C/C=C\C/C=C\CCCCCCCCCCCCCCC(=O)NC(CO)C(O)CCCCCCCCCCCCCCCC. The molecule has 0 saturated carbocycles. The molecular weight excluding hydrogens is 699 g/mol. The highest BCUT2D eigenvalue weighted by Gasteiger charge is 2.20. The second kappa shape index (κ2) is 48.2. The van der Waals surface area contributed by atoms with Crippen LogP contribution < -0.4 is 5.32 Å². The molecule has 0 aliphatic heterocycles. The molecule has 0 bridgehead atoms. The van der Waals surface area contributed by atoms with Crippen LogP contribution in [-0.4, -0.2) is 34.9 Å². The number of amides is 1. The standard InChI is InChI=1S/C53H95NO3/c1-3-5-7-9-11-13-15-17-19-20-21-22-23-24-25-26-27-28-29-30-31-32-33-34-35-37-39-41-43-45-47-49-53(57)54-51(50-55)52(56)48-46-44-42-40-38-36-18-16-14-12-10-8-6-4-2/h5,7,11,13,17,19,21-22,24-25,27-28,51-52,55-56H,3-4,6,8-10,12,14-16,18,20,23,26,29-50H2,1-2H3,(H,54,57)/b7-5-,13-11-,19-17-,22-21-,25-24-,28-27-. The summed E-state index contributed by atoms with van der Waals surface area (Å²) in [5, 5.41) is 23.2. The van der Waals surface area contributed by atoms with Crippen LogP contribution in [0.3, 0.4) is 0 Å². The molecule has 4 heteroatoms. The van der Waals surface area contributed by atoms with E-state index in [-0.39, 0.29) is 12.5 Å². The zero-order chi connectivity index (χ0) is 41.4. The average Bonchev–Trinajstić information content (AvgIpc) is 3.22. The van der Waals surface area contributed by atoms with Crippen molar-refractivity contribution in [3.05, 3.63) is 72.9 Å². The van der Waals surface area contributed by atoms with Crippen molar-refractivity contribution in [2.75, 3.05) is 6.61 Å².